The number of hydrogen-bond acceptors (Lipinski definition) is 15. The van der Waals surface area contributed by atoms with Crippen LogP contribution in [-0.4, -0.2) is 96.7 Å². The first kappa shape index (κ1) is 94.1. The number of phosphoric ester groups is 2. The van der Waals surface area contributed by atoms with Crippen molar-refractivity contribution in [3.8, 4) is 0 Å². The summed E-state index contributed by atoms with van der Waals surface area (Å²) in [6.45, 7) is 7.31. The summed E-state index contributed by atoms with van der Waals surface area (Å²) in [6.07, 6.45) is 59.5. The summed E-state index contributed by atoms with van der Waals surface area (Å²) in [5.74, 6) is -1.34. The largest absolute Gasteiger partial charge is 0.472 e. The summed E-state index contributed by atoms with van der Waals surface area (Å²) >= 11 is 0. The smallest absolute Gasteiger partial charge is 0.462 e. The third-order valence-corrected chi connectivity index (χ3v) is 20.3. The number of esters is 4. The first-order valence-corrected chi connectivity index (χ1v) is 43.2. The van der Waals surface area contributed by atoms with Crippen LogP contribution in [0.2, 0.25) is 0 Å². The standard InChI is InChI=1S/C77H150O17P2/c1-6-10-13-16-19-22-25-28-30-31-33-35-38-41-47-52-57-62-76(81)93-72(66-87-75(80)61-56-51-46-40-37-34-32-29-26-23-20-17-14-11-7-2)68-91-95(83,84)89-64-71(78)65-90-96(85,86)92-69-73(94-77(82)63-58-53-48-43-42-44-49-54-59-70(5)9-4)67-88-74(79)60-55-50-45-39-36-27-24-21-18-15-12-8-3/h70-73,78H,6-69H2,1-5H3,(H,83,84)(H,85,86)/t70?,71-,72-,73-/m1/s1. The van der Waals surface area contributed by atoms with E-state index in [1.165, 1.54) is 231 Å². The lowest BCUT2D eigenvalue weighted by molar-refractivity contribution is -0.161. The van der Waals surface area contributed by atoms with Crippen molar-refractivity contribution >= 4 is 39.5 Å². The number of rotatable bonds is 77. The predicted octanol–water partition coefficient (Wildman–Crippen LogP) is 22.9. The van der Waals surface area contributed by atoms with Crippen LogP contribution in [-0.2, 0) is 65.4 Å². The second kappa shape index (κ2) is 70.1. The summed E-state index contributed by atoms with van der Waals surface area (Å²) in [6, 6.07) is 0. The molecule has 0 fully saturated rings. The number of hydrogen-bond donors (Lipinski definition) is 3. The zero-order chi connectivity index (χ0) is 70.5. The minimum atomic E-state index is -4.96. The summed E-state index contributed by atoms with van der Waals surface area (Å²) in [5.41, 5.74) is 0. The van der Waals surface area contributed by atoms with Gasteiger partial charge in [-0.3, -0.25) is 37.3 Å². The van der Waals surface area contributed by atoms with Crippen molar-refractivity contribution in [3.05, 3.63) is 0 Å². The number of carbonyl (C=O) groups is 4. The van der Waals surface area contributed by atoms with Gasteiger partial charge >= 0.3 is 39.5 Å². The van der Waals surface area contributed by atoms with Crippen molar-refractivity contribution in [2.45, 2.75) is 425 Å². The lowest BCUT2D eigenvalue weighted by Crippen LogP contribution is -2.30. The Hall–Kier alpha value is -1.94. The van der Waals surface area contributed by atoms with E-state index in [1.54, 1.807) is 0 Å². The molecule has 0 bridgehead atoms. The Labute approximate surface area is 588 Å². The Morgan fingerprint density at radius 3 is 0.740 bits per heavy atom. The summed E-state index contributed by atoms with van der Waals surface area (Å²) in [4.78, 5) is 72.9. The molecule has 0 aliphatic rings. The van der Waals surface area contributed by atoms with Gasteiger partial charge in [-0.1, -0.05) is 356 Å². The van der Waals surface area contributed by atoms with E-state index in [2.05, 4.69) is 34.6 Å². The molecule has 0 amide bonds. The minimum Gasteiger partial charge on any atom is -0.462 e. The summed E-state index contributed by atoms with van der Waals surface area (Å²) in [5, 5.41) is 10.6. The van der Waals surface area contributed by atoms with Gasteiger partial charge in [-0.15, -0.1) is 0 Å². The Bertz CT molecular complexity index is 1840. The Morgan fingerprint density at radius 1 is 0.292 bits per heavy atom. The van der Waals surface area contributed by atoms with Crippen LogP contribution >= 0.6 is 15.6 Å². The molecular weight excluding hydrogens is 1260 g/mol. The zero-order valence-electron chi connectivity index (χ0n) is 62.5. The minimum absolute atomic E-state index is 0.106. The molecule has 0 rings (SSSR count). The molecule has 96 heavy (non-hydrogen) atoms. The van der Waals surface area contributed by atoms with Crippen LogP contribution in [0.25, 0.3) is 0 Å². The topological polar surface area (TPSA) is 237 Å². The molecule has 0 saturated heterocycles. The van der Waals surface area contributed by atoms with E-state index in [1.807, 2.05) is 0 Å². The van der Waals surface area contributed by atoms with Crippen molar-refractivity contribution in [1.82, 2.24) is 0 Å². The average Bonchev–Trinajstić information content (AvgIpc) is 1.42. The highest BCUT2D eigenvalue weighted by Gasteiger charge is 2.30. The number of unbranched alkanes of at least 4 members (excludes halogenated alkanes) is 48. The van der Waals surface area contributed by atoms with Gasteiger partial charge < -0.3 is 33.8 Å². The molecule has 0 aromatic heterocycles. The molecule has 17 nitrogen and oxygen atoms in total. The fraction of sp³-hybridized carbons (Fsp3) is 0.948. The third kappa shape index (κ3) is 69.2. The first-order valence-electron chi connectivity index (χ1n) is 40.2. The monoisotopic (exact) mass is 1410 g/mol. The van der Waals surface area contributed by atoms with Gasteiger partial charge in [0, 0.05) is 25.7 Å². The third-order valence-electron chi connectivity index (χ3n) is 18.4. The lowest BCUT2D eigenvalue weighted by Gasteiger charge is -2.21. The number of ether oxygens (including phenoxy) is 4. The molecule has 0 aromatic rings. The van der Waals surface area contributed by atoms with Crippen molar-refractivity contribution in [3.63, 3.8) is 0 Å². The van der Waals surface area contributed by atoms with Gasteiger partial charge in [0.15, 0.2) is 12.2 Å². The molecule has 19 heteroatoms. The van der Waals surface area contributed by atoms with Crippen molar-refractivity contribution in [1.29, 1.82) is 0 Å². The van der Waals surface area contributed by atoms with Gasteiger partial charge in [0.25, 0.3) is 0 Å². The van der Waals surface area contributed by atoms with Crippen molar-refractivity contribution in [2.24, 2.45) is 5.92 Å². The van der Waals surface area contributed by atoms with E-state index >= 15 is 0 Å². The fourth-order valence-corrected chi connectivity index (χ4v) is 13.4. The molecular formula is C77H150O17P2. The van der Waals surface area contributed by atoms with E-state index in [-0.39, 0.29) is 25.7 Å². The van der Waals surface area contributed by atoms with Gasteiger partial charge in [0.05, 0.1) is 26.4 Å². The maximum absolute atomic E-state index is 13.1. The molecule has 0 saturated carbocycles. The Kier molecular flexibility index (Phi) is 68.7. The van der Waals surface area contributed by atoms with Crippen LogP contribution in [0, 0.1) is 5.92 Å². The van der Waals surface area contributed by atoms with Gasteiger partial charge in [-0.2, -0.15) is 0 Å². The number of aliphatic hydroxyl groups is 1. The molecule has 0 aromatic carbocycles. The highest BCUT2D eigenvalue weighted by molar-refractivity contribution is 7.47. The van der Waals surface area contributed by atoms with Crippen molar-refractivity contribution < 1.29 is 80.2 Å². The summed E-state index contributed by atoms with van der Waals surface area (Å²) < 4.78 is 68.6. The van der Waals surface area contributed by atoms with E-state index in [0.717, 1.165) is 95.8 Å². The molecule has 6 atom stereocenters. The van der Waals surface area contributed by atoms with E-state index in [4.69, 9.17) is 37.0 Å². The molecule has 570 valence electrons. The second-order valence-corrected chi connectivity index (χ2v) is 30.9. The maximum Gasteiger partial charge on any atom is 0.472 e. The van der Waals surface area contributed by atoms with Crippen LogP contribution < -0.4 is 0 Å². The lowest BCUT2D eigenvalue weighted by atomic mass is 9.99. The van der Waals surface area contributed by atoms with Crippen LogP contribution in [0.15, 0.2) is 0 Å². The number of aliphatic hydroxyl groups excluding tert-OH is 1. The summed E-state index contributed by atoms with van der Waals surface area (Å²) in [7, 11) is -9.91. The van der Waals surface area contributed by atoms with Gasteiger partial charge in [-0.05, 0) is 31.6 Å². The van der Waals surface area contributed by atoms with Crippen LogP contribution in [0.1, 0.15) is 407 Å². The molecule has 0 heterocycles. The van der Waals surface area contributed by atoms with Gasteiger partial charge in [0.2, 0.25) is 0 Å². The first-order chi connectivity index (χ1) is 46.6. The van der Waals surface area contributed by atoms with Crippen LogP contribution in [0.3, 0.4) is 0 Å². The molecule has 0 aliphatic heterocycles. The maximum atomic E-state index is 13.1. The molecule has 0 radical (unpaired) electrons. The Balaban J connectivity index is 5.26. The zero-order valence-corrected chi connectivity index (χ0v) is 64.3. The molecule has 3 N–H and O–H groups in total. The molecule has 0 aliphatic carbocycles. The second-order valence-electron chi connectivity index (χ2n) is 28.0. The van der Waals surface area contributed by atoms with Gasteiger partial charge in [0.1, 0.15) is 19.3 Å². The van der Waals surface area contributed by atoms with E-state index < -0.39 is 97.5 Å². The number of carbonyl (C=O) groups excluding carboxylic acids is 4. The van der Waals surface area contributed by atoms with Gasteiger partial charge in [-0.25, -0.2) is 9.13 Å². The van der Waals surface area contributed by atoms with Crippen LogP contribution in [0.5, 0.6) is 0 Å². The normalized spacial score (nSPS) is 14.2. The quantitative estimate of drug-likeness (QED) is 0.0222. The molecule has 3 unspecified atom stereocenters. The van der Waals surface area contributed by atoms with E-state index in [9.17, 15) is 43.2 Å². The average molecular weight is 1410 g/mol. The Morgan fingerprint density at radius 2 is 0.500 bits per heavy atom. The number of phosphoric acid groups is 2. The fourth-order valence-electron chi connectivity index (χ4n) is 11.8. The SMILES string of the molecule is CCCCCCCCCCCCCCCCCCCC(=O)O[C@H](COC(=O)CCCCCCCCCCCCCCCCC)COP(=O)(O)OC[C@@H](O)COP(=O)(O)OC[C@@H](COC(=O)CCCCCCCCCCCCCC)OC(=O)CCCCCCCCCCC(C)CC. The highest BCUT2D eigenvalue weighted by Crippen LogP contribution is 2.45. The highest BCUT2D eigenvalue weighted by atomic mass is 31.2. The van der Waals surface area contributed by atoms with E-state index in [0.29, 0.717) is 25.7 Å². The van der Waals surface area contributed by atoms with Crippen LogP contribution in [0.4, 0.5) is 0 Å². The van der Waals surface area contributed by atoms with Crippen molar-refractivity contribution in [2.75, 3.05) is 39.6 Å². The molecule has 0 spiro atoms. The predicted molar refractivity (Wildman–Crippen MR) is 391 cm³/mol.